The number of amides is 2. The molecule has 0 fully saturated rings. The van der Waals surface area contributed by atoms with E-state index in [1.165, 1.54) is 16.2 Å². The number of fused-ring (bicyclic) bond motifs is 1. The Balaban J connectivity index is 2.43. The van der Waals surface area contributed by atoms with Crippen molar-refractivity contribution in [3.05, 3.63) is 28.7 Å². The van der Waals surface area contributed by atoms with E-state index < -0.39 is 0 Å². The Morgan fingerprint density at radius 3 is 3.29 bits per heavy atom. The molecule has 14 heavy (non-hydrogen) atoms. The van der Waals surface area contributed by atoms with E-state index in [9.17, 15) is 4.79 Å². The van der Waals surface area contributed by atoms with Crippen LogP contribution < -0.4 is 16.2 Å². The molecule has 0 saturated heterocycles. The van der Waals surface area contributed by atoms with Crippen molar-refractivity contribution in [3.63, 3.8) is 0 Å². The van der Waals surface area contributed by atoms with Crippen LogP contribution in [0, 0.1) is 0 Å². The van der Waals surface area contributed by atoms with Gasteiger partial charge in [0.15, 0.2) is 0 Å². The van der Waals surface area contributed by atoms with E-state index in [-0.39, 0.29) is 6.03 Å². The van der Waals surface area contributed by atoms with Gasteiger partial charge in [-0.3, -0.25) is 15.3 Å². The number of nitrogens with two attached hydrogens (primary N) is 1. The van der Waals surface area contributed by atoms with E-state index >= 15 is 0 Å². The van der Waals surface area contributed by atoms with Crippen LogP contribution in [0.2, 0.25) is 0 Å². The number of hydrogen-bond acceptors (Lipinski definition) is 4. The molecule has 6 heteroatoms. The van der Waals surface area contributed by atoms with Crippen LogP contribution in [0.15, 0.2) is 28.8 Å². The van der Waals surface area contributed by atoms with Gasteiger partial charge >= 0.3 is 6.03 Å². The van der Waals surface area contributed by atoms with Crippen molar-refractivity contribution in [2.75, 3.05) is 4.90 Å². The summed E-state index contributed by atoms with van der Waals surface area (Å²) in [5.74, 6) is 5.07. The average molecular weight is 208 g/mol. The zero-order chi connectivity index (χ0) is 9.97. The second kappa shape index (κ2) is 3.60. The van der Waals surface area contributed by atoms with Crippen LogP contribution in [-0.2, 0) is 0 Å². The van der Waals surface area contributed by atoms with Gasteiger partial charge in [0.2, 0.25) is 0 Å². The third kappa shape index (κ3) is 1.40. The Hall–Kier alpha value is -1.66. The lowest BCUT2D eigenvalue weighted by molar-refractivity contribution is 0.248. The summed E-state index contributed by atoms with van der Waals surface area (Å²) in [5, 5.41) is 1.90. The predicted molar refractivity (Wildman–Crippen MR) is 56.3 cm³/mol. The first-order valence-corrected chi connectivity index (χ1v) is 4.78. The molecule has 0 spiro atoms. The number of aliphatic imine (C=N–C) groups is 1. The minimum atomic E-state index is -0.383. The summed E-state index contributed by atoms with van der Waals surface area (Å²) >= 11 is 1.52. The number of thiophene rings is 1. The monoisotopic (exact) mass is 208 g/mol. The van der Waals surface area contributed by atoms with Gasteiger partial charge in [-0.2, -0.15) is 0 Å². The van der Waals surface area contributed by atoms with E-state index in [1.807, 2.05) is 11.4 Å². The highest BCUT2D eigenvalue weighted by Gasteiger charge is 2.16. The van der Waals surface area contributed by atoms with Crippen LogP contribution >= 0.6 is 11.3 Å². The van der Waals surface area contributed by atoms with E-state index in [0.29, 0.717) is 0 Å². The summed E-state index contributed by atoms with van der Waals surface area (Å²) in [6.45, 7) is 0. The summed E-state index contributed by atoms with van der Waals surface area (Å²) in [6, 6.07) is 1.46. The molecule has 1 aliphatic heterocycles. The zero-order valence-corrected chi connectivity index (χ0v) is 7.99. The van der Waals surface area contributed by atoms with Gasteiger partial charge in [0, 0.05) is 18.6 Å². The number of hydrazine groups is 1. The molecule has 3 N–H and O–H groups in total. The fraction of sp³-hybridized carbons (Fsp3) is 0. The van der Waals surface area contributed by atoms with E-state index in [4.69, 9.17) is 5.84 Å². The highest BCUT2D eigenvalue weighted by Crippen LogP contribution is 2.26. The number of rotatable bonds is 0. The van der Waals surface area contributed by atoms with Gasteiger partial charge in [0.25, 0.3) is 0 Å². The van der Waals surface area contributed by atoms with Gasteiger partial charge in [-0.05, 0) is 11.4 Å². The molecule has 1 aliphatic rings. The van der Waals surface area contributed by atoms with Crippen molar-refractivity contribution in [2.24, 2.45) is 10.8 Å². The summed E-state index contributed by atoms with van der Waals surface area (Å²) in [7, 11) is 0. The first kappa shape index (κ1) is 8.92. The number of hydrogen-bond donors (Lipinski definition) is 2. The molecule has 0 radical (unpaired) electrons. The molecule has 0 bridgehead atoms. The molecule has 0 saturated carbocycles. The van der Waals surface area contributed by atoms with Crippen LogP contribution in [0.3, 0.4) is 0 Å². The van der Waals surface area contributed by atoms with Crippen LogP contribution in [0.25, 0.3) is 0 Å². The zero-order valence-electron chi connectivity index (χ0n) is 7.18. The van der Waals surface area contributed by atoms with Gasteiger partial charge in [-0.1, -0.05) is 0 Å². The Kier molecular flexibility index (Phi) is 2.30. The van der Waals surface area contributed by atoms with Crippen molar-refractivity contribution >= 4 is 29.3 Å². The summed E-state index contributed by atoms with van der Waals surface area (Å²) in [5.41, 5.74) is 2.87. The smallest absolute Gasteiger partial charge is 0.275 e. The van der Waals surface area contributed by atoms with Crippen LogP contribution in [-0.4, -0.2) is 12.2 Å². The Bertz CT molecular complexity index is 409. The SMILES string of the molecule is NNC(=O)N1C=CN=Cc2sccc21. The molecule has 0 aliphatic carbocycles. The molecular weight excluding hydrogens is 200 g/mol. The van der Waals surface area contributed by atoms with Gasteiger partial charge in [-0.15, -0.1) is 11.3 Å². The molecule has 0 atom stereocenters. The topological polar surface area (TPSA) is 70.7 Å². The summed E-state index contributed by atoms with van der Waals surface area (Å²) in [6.07, 6.45) is 4.82. The number of nitrogens with zero attached hydrogens (tertiary/aromatic N) is 2. The second-order valence-electron chi connectivity index (χ2n) is 2.57. The molecule has 2 heterocycles. The Morgan fingerprint density at radius 2 is 2.50 bits per heavy atom. The van der Waals surface area contributed by atoms with Crippen LogP contribution in [0.4, 0.5) is 10.5 Å². The van der Waals surface area contributed by atoms with Gasteiger partial charge in [0.05, 0.1) is 10.6 Å². The minimum absolute atomic E-state index is 0.383. The van der Waals surface area contributed by atoms with E-state index in [2.05, 4.69) is 10.4 Å². The Labute approximate surface area is 84.5 Å². The Morgan fingerprint density at radius 1 is 1.64 bits per heavy atom. The molecule has 0 unspecified atom stereocenters. The second-order valence-corrected chi connectivity index (χ2v) is 3.51. The van der Waals surface area contributed by atoms with Gasteiger partial charge in [-0.25, -0.2) is 10.6 Å². The molecule has 1 aromatic heterocycles. The van der Waals surface area contributed by atoms with Crippen molar-refractivity contribution in [2.45, 2.75) is 0 Å². The lowest BCUT2D eigenvalue weighted by Gasteiger charge is -2.15. The quantitative estimate of drug-likeness (QED) is 0.380. The van der Waals surface area contributed by atoms with Crippen molar-refractivity contribution in [1.82, 2.24) is 5.43 Å². The van der Waals surface area contributed by atoms with E-state index in [1.54, 1.807) is 18.6 Å². The average Bonchev–Trinajstić information content (AvgIpc) is 2.57. The number of anilines is 1. The summed E-state index contributed by atoms with van der Waals surface area (Å²) in [4.78, 5) is 17.7. The molecule has 72 valence electrons. The van der Waals surface area contributed by atoms with Gasteiger partial charge < -0.3 is 0 Å². The van der Waals surface area contributed by atoms with Crippen molar-refractivity contribution in [3.8, 4) is 0 Å². The predicted octanol–water partition coefficient (Wildman–Crippen LogP) is 1.04. The molecule has 2 rings (SSSR count). The molecule has 1 aromatic rings. The lowest BCUT2D eigenvalue weighted by Crippen LogP contribution is -2.40. The summed E-state index contributed by atoms with van der Waals surface area (Å²) < 4.78 is 0. The van der Waals surface area contributed by atoms with Crippen molar-refractivity contribution in [1.29, 1.82) is 0 Å². The van der Waals surface area contributed by atoms with Crippen molar-refractivity contribution < 1.29 is 4.79 Å². The minimum Gasteiger partial charge on any atom is -0.275 e. The van der Waals surface area contributed by atoms with E-state index in [0.717, 1.165) is 10.6 Å². The largest absolute Gasteiger partial charge is 0.340 e. The molecule has 2 amide bonds. The fourth-order valence-electron chi connectivity index (χ4n) is 1.15. The maximum atomic E-state index is 11.4. The molecule has 0 aromatic carbocycles. The van der Waals surface area contributed by atoms with Crippen LogP contribution in [0.1, 0.15) is 4.88 Å². The number of urea groups is 1. The molecular formula is C8H8N4OS. The van der Waals surface area contributed by atoms with Gasteiger partial charge in [0.1, 0.15) is 0 Å². The first-order chi connectivity index (χ1) is 6.83. The third-order valence-electron chi connectivity index (χ3n) is 1.77. The molecule has 5 nitrogen and oxygen atoms in total. The van der Waals surface area contributed by atoms with Crippen LogP contribution in [0.5, 0.6) is 0 Å². The maximum absolute atomic E-state index is 11.4. The third-order valence-corrected chi connectivity index (χ3v) is 2.61. The fourth-order valence-corrected chi connectivity index (χ4v) is 1.91. The highest BCUT2D eigenvalue weighted by molar-refractivity contribution is 7.12. The lowest BCUT2D eigenvalue weighted by atomic mass is 10.4. The number of nitrogens with one attached hydrogen (secondary N) is 1. The normalized spacial score (nSPS) is 13.6. The highest BCUT2D eigenvalue weighted by atomic mass is 32.1. The number of carbonyl (C=O) groups excluding carboxylic acids is 1. The first-order valence-electron chi connectivity index (χ1n) is 3.90. The standard InChI is InChI=1S/C8H8N4OS/c9-11-8(13)12-3-2-10-5-7-6(12)1-4-14-7/h1-5H,9H2,(H,11,13). The maximum Gasteiger partial charge on any atom is 0.340 e. The number of carbonyl (C=O) groups is 1.